The van der Waals surface area contributed by atoms with Gasteiger partial charge < -0.3 is 9.47 Å². The number of rotatable bonds is 8. The molecule has 0 aliphatic carbocycles. The average molecular weight is 480 g/mol. The number of carbonyl (C=O) groups is 1. The summed E-state index contributed by atoms with van der Waals surface area (Å²) in [6, 6.07) is 15.3. The molecule has 174 valence electrons. The van der Waals surface area contributed by atoms with E-state index in [4.69, 9.17) is 14.7 Å². The van der Waals surface area contributed by atoms with E-state index in [1.54, 1.807) is 42.2 Å². The SMILES string of the molecule is N#CNC(=NCCC[C@@H]1SC1COC(=O)Nc1cc2cc(F)ccc2cn1)Oc1ccccc1. The maximum Gasteiger partial charge on any atom is 0.412 e. The zero-order chi connectivity index (χ0) is 23.8. The topological polar surface area (TPSA) is 109 Å². The lowest BCUT2D eigenvalue weighted by molar-refractivity contribution is 0.163. The molecule has 1 amide bonds. The molecule has 2 atom stereocenters. The first-order valence-electron chi connectivity index (χ1n) is 10.7. The Morgan fingerprint density at radius 2 is 2.03 bits per heavy atom. The number of amidine groups is 1. The number of fused-ring (bicyclic) bond motifs is 1. The Kier molecular flexibility index (Phi) is 7.78. The van der Waals surface area contributed by atoms with Crippen molar-refractivity contribution < 1.29 is 18.7 Å². The Bertz CT molecular complexity index is 1220. The van der Waals surface area contributed by atoms with Crippen LogP contribution >= 0.6 is 11.8 Å². The quantitative estimate of drug-likeness (QED) is 0.120. The van der Waals surface area contributed by atoms with Gasteiger partial charge >= 0.3 is 12.1 Å². The number of carbonyl (C=O) groups excluding carboxylic acids is 1. The smallest absolute Gasteiger partial charge is 0.412 e. The van der Waals surface area contributed by atoms with Crippen LogP contribution in [0.25, 0.3) is 10.8 Å². The van der Waals surface area contributed by atoms with Gasteiger partial charge in [-0.1, -0.05) is 18.2 Å². The molecule has 1 saturated heterocycles. The lowest BCUT2D eigenvalue weighted by atomic mass is 10.2. The van der Waals surface area contributed by atoms with E-state index in [1.807, 2.05) is 24.4 Å². The number of nitriles is 1. The first-order valence-corrected chi connectivity index (χ1v) is 11.6. The number of halogens is 1. The number of pyridine rings is 1. The number of benzene rings is 2. The lowest BCUT2D eigenvalue weighted by Gasteiger charge is -2.07. The van der Waals surface area contributed by atoms with Gasteiger partial charge in [0.1, 0.15) is 24.0 Å². The molecule has 0 radical (unpaired) electrons. The highest BCUT2D eigenvalue weighted by Gasteiger charge is 2.38. The standard InChI is InChI=1S/C24H22FN5O3S/c25-18-9-8-16-13-28-22(12-17(16)11-18)30-24(31)32-14-21-20(34-21)7-4-10-27-23(29-15-26)33-19-5-2-1-3-6-19/h1-3,5-6,8-9,11-13,20-21H,4,7,10,14H2,(H,27,29)(H,28,30,31)/t20-,21?/m0/s1. The predicted molar refractivity (Wildman–Crippen MR) is 129 cm³/mol. The second-order valence-corrected chi connectivity index (χ2v) is 8.96. The van der Waals surface area contributed by atoms with Crippen LogP contribution in [0.4, 0.5) is 15.0 Å². The molecule has 1 aliphatic rings. The third kappa shape index (κ3) is 6.83. The van der Waals surface area contributed by atoms with Crippen molar-refractivity contribution in [3.63, 3.8) is 0 Å². The molecule has 10 heteroatoms. The van der Waals surface area contributed by atoms with Crippen LogP contribution in [0.5, 0.6) is 5.75 Å². The zero-order valence-corrected chi connectivity index (χ0v) is 18.9. The molecular formula is C24H22FN5O3S. The number of amides is 1. The molecule has 3 aromatic rings. The second-order valence-electron chi connectivity index (χ2n) is 7.48. The Hall–Kier alpha value is -3.84. The molecule has 1 fully saturated rings. The highest BCUT2D eigenvalue weighted by Crippen LogP contribution is 2.44. The monoisotopic (exact) mass is 479 g/mol. The molecule has 0 spiro atoms. The van der Waals surface area contributed by atoms with Crippen molar-refractivity contribution in [3.05, 3.63) is 66.6 Å². The molecule has 34 heavy (non-hydrogen) atoms. The Balaban J connectivity index is 1.15. The van der Waals surface area contributed by atoms with Crippen molar-refractivity contribution in [3.8, 4) is 11.9 Å². The van der Waals surface area contributed by atoms with Gasteiger partial charge in [-0.2, -0.15) is 5.26 Å². The van der Waals surface area contributed by atoms with Crippen LogP contribution in [0.3, 0.4) is 0 Å². The van der Waals surface area contributed by atoms with E-state index in [-0.39, 0.29) is 17.1 Å². The van der Waals surface area contributed by atoms with Gasteiger partial charge in [0.25, 0.3) is 0 Å². The summed E-state index contributed by atoms with van der Waals surface area (Å²) in [6.07, 6.45) is 4.53. The van der Waals surface area contributed by atoms with Gasteiger partial charge in [0, 0.05) is 23.4 Å². The van der Waals surface area contributed by atoms with Crippen LogP contribution in [0.2, 0.25) is 0 Å². The number of aliphatic imine (C=N–C) groups is 1. The van der Waals surface area contributed by atoms with Gasteiger partial charge in [-0.05, 0) is 54.6 Å². The van der Waals surface area contributed by atoms with Gasteiger partial charge in [0.05, 0.1) is 5.25 Å². The van der Waals surface area contributed by atoms with Gasteiger partial charge in [0.15, 0.2) is 6.19 Å². The highest BCUT2D eigenvalue weighted by molar-refractivity contribution is 8.07. The van der Waals surface area contributed by atoms with Crippen molar-refractivity contribution in [2.75, 3.05) is 18.5 Å². The van der Waals surface area contributed by atoms with Crippen molar-refractivity contribution in [1.82, 2.24) is 10.3 Å². The summed E-state index contributed by atoms with van der Waals surface area (Å²) in [5.74, 6) is 0.555. The molecule has 2 N–H and O–H groups in total. The maximum absolute atomic E-state index is 13.4. The van der Waals surface area contributed by atoms with Gasteiger partial charge in [-0.3, -0.25) is 5.32 Å². The van der Waals surface area contributed by atoms with E-state index in [1.165, 1.54) is 12.1 Å². The summed E-state index contributed by atoms with van der Waals surface area (Å²) in [7, 11) is 0. The fourth-order valence-corrected chi connectivity index (χ4v) is 4.30. The minimum absolute atomic E-state index is 0.166. The summed E-state index contributed by atoms with van der Waals surface area (Å²) >= 11 is 1.75. The molecule has 0 saturated carbocycles. The molecule has 0 bridgehead atoms. The summed E-state index contributed by atoms with van der Waals surface area (Å²) < 4.78 is 24.3. The molecule has 1 aliphatic heterocycles. The lowest BCUT2D eigenvalue weighted by Crippen LogP contribution is -2.24. The van der Waals surface area contributed by atoms with Crippen LogP contribution in [0.1, 0.15) is 12.8 Å². The van der Waals surface area contributed by atoms with Crippen LogP contribution in [-0.2, 0) is 4.74 Å². The summed E-state index contributed by atoms with van der Waals surface area (Å²) in [5.41, 5.74) is 0. The molecule has 2 heterocycles. The van der Waals surface area contributed by atoms with E-state index in [2.05, 4.69) is 20.6 Å². The van der Waals surface area contributed by atoms with Crippen LogP contribution in [-0.4, -0.2) is 40.8 Å². The minimum atomic E-state index is -0.593. The Morgan fingerprint density at radius 3 is 2.85 bits per heavy atom. The van der Waals surface area contributed by atoms with Gasteiger partial charge in [0.2, 0.25) is 0 Å². The molecular weight excluding hydrogens is 457 g/mol. The number of nitrogens with one attached hydrogen (secondary N) is 2. The van der Waals surface area contributed by atoms with Crippen molar-refractivity contribution in [1.29, 1.82) is 5.26 Å². The number of para-hydroxylation sites is 1. The average Bonchev–Trinajstić information content (AvgIpc) is 3.59. The van der Waals surface area contributed by atoms with Crippen molar-refractivity contribution in [2.24, 2.45) is 4.99 Å². The van der Waals surface area contributed by atoms with Crippen molar-refractivity contribution >= 4 is 40.5 Å². The largest absolute Gasteiger partial charge is 0.448 e. The third-order valence-electron chi connectivity index (χ3n) is 5.00. The Labute approximate surface area is 200 Å². The first-order chi connectivity index (χ1) is 16.6. The van der Waals surface area contributed by atoms with E-state index >= 15 is 0 Å². The van der Waals surface area contributed by atoms with Crippen LogP contribution < -0.4 is 15.4 Å². The van der Waals surface area contributed by atoms with Crippen LogP contribution in [0.15, 0.2) is 65.8 Å². The molecule has 1 unspecified atom stereocenters. The molecule has 8 nitrogen and oxygen atoms in total. The fourth-order valence-electron chi connectivity index (χ4n) is 3.28. The summed E-state index contributed by atoms with van der Waals surface area (Å²) in [5, 5.41) is 16.0. The number of ether oxygens (including phenoxy) is 2. The van der Waals surface area contributed by atoms with E-state index in [0.29, 0.717) is 35.4 Å². The first kappa shape index (κ1) is 23.3. The van der Waals surface area contributed by atoms with E-state index in [9.17, 15) is 9.18 Å². The minimum Gasteiger partial charge on any atom is -0.448 e. The summed E-state index contributed by atoms with van der Waals surface area (Å²) in [4.78, 5) is 20.5. The van der Waals surface area contributed by atoms with E-state index < -0.39 is 6.09 Å². The second kappa shape index (κ2) is 11.3. The van der Waals surface area contributed by atoms with Crippen LogP contribution in [0, 0.1) is 17.3 Å². The zero-order valence-electron chi connectivity index (χ0n) is 18.1. The molecule has 1 aromatic heterocycles. The van der Waals surface area contributed by atoms with Gasteiger partial charge in [-0.15, -0.1) is 11.8 Å². The molecule has 2 aromatic carbocycles. The summed E-state index contributed by atoms with van der Waals surface area (Å²) in [6.45, 7) is 0.807. The Morgan fingerprint density at radius 1 is 1.18 bits per heavy atom. The fraction of sp³-hybridized carbons (Fsp3) is 0.250. The van der Waals surface area contributed by atoms with Crippen molar-refractivity contribution in [2.45, 2.75) is 23.3 Å². The third-order valence-corrected chi connectivity index (χ3v) is 6.42. The number of hydrogen-bond donors (Lipinski definition) is 2. The number of anilines is 1. The number of aromatic nitrogens is 1. The number of nitrogens with zero attached hydrogens (tertiary/aromatic N) is 3. The normalized spacial score (nSPS) is 17.0. The maximum atomic E-state index is 13.4. The number of thioether (sulfide) groups is 1. The molecule has 4 rings (SSSR count). The number of hydrogen-bond acceptors (Lipinski definition) is 7. The van der Waals surface area contributed by atoms with E-state index in [0.717, 1.165) is 18.2 Å². The predicted octanol–water partition coefficient (Wildman–Crippen LogP) is 4.69. The highest BCUT2D eigenvalue weighted by atomic mass is 32.2. The van der Waals surface area contributed by atoms with Gasteiger partial charge in [-0.25, -0.2) is 24.5 Å².